The molecular formula is C20H17F3N2O5S. The number of aliphatic hydroxyl groups is 1. The van der Waals surface area contributed by atoms with Crippen molar-refractivity contribution in [2.75, 3.05) is 11.3 Å². The van der Waals surface area contributed by atoms with Gasteiger partial charge in [0.05, 0.1) is 24.6 Å². The van der Waals surface area contributed by atoms with Crippen LogP contribution < -0.4 is 9.46 Å². The number of hydrogen-bond acceptors (Lipinski definition) is 6. The van der Waals surface area contributed by atoms with Crippen LogP contribution in [0.25, 0.3) is 11.1 Å². The van der Waals surface area contributed by atoms with Crippen molar-refractivity contribution < 1.29 is 35.8 Å². The molecule has 2 heterocycles. The van der Waals surface area contributed by atoms with Crippen LogP contribution in [-0.2, 0) is 16.4 Å². The molecule has 31 heavy (non-hydrogen) atoms. The third-order valence-corrected chi connectivity index (χ3v) is 6.04. The van der Waals surface area contributed by atoms with Crippen LogP contribution in [0.15, 0.2) is 59.3 Å². The first-order valence-corrected chi connectivity index (χ1v) is 10.7. The van der Waals surface area contributed by atoms with Gasteiger partial charge >= 0.3 is 15.5 Å². The van der Waals surface area contributed by atoms with Gasteiger partial charge in [-0.15, -0.1) is 0 Å². The summed E-state index contributed by atoms with van der Waals surface area (Å²) in [6.45, 7) is 0.183. The summed E-state index contributed by atoms with van der Waals surface area (Å²) < 4.78 is 74.0. The molecule has 1 aliphatic rings. The zero-order valence-electron chi connectivity index (χ0n) is 15.8. The molecule has 1 aliphatic heterocycles. The number of fused-ring (bicyclic) bond motifs is 1. The molecule has 0 amide bonds. The van der Waals surface area contributed by atoms with Crippen LogP contribution >= 0.6 is 0 Å². The topological polar surface area (TPSA) is 102 Å². The average molecular weight is 454 g/mol. The minimum absolute atomic E-state index is 0.183. The highest BCUT2D eigenvalue weighted by atomic mass is 32.2. The van der Waals surface area contributed by atoms with Crippen molar-refractivity contribution in [1.82, 2.24) is 4.98 Å². The number of ether oxygens (including phenoxy) is 1. The summed E-state index contributed by atoms with van der Waals surface area (Å²) in [6.07, 6.45) is 2.47. The van der Waals surface area contributed by atoms with E-state index < -0.39 is 21.6 Å². The number of aromatic nitrogens is 1. The number of halogens is 3. The van der Waals surface area contributed by atoms with E-state index in [4.69, 9.17) is 9.15 Å². The Hall–Kier alpha value is -3.05. The van der Waals surface area contributed by atoms with Gasteiger partial charge in [-0.25, -0.2) is 4.98 Å². The van der Waals surface area contributed by atoms with Crippen LogP contribution in [0.5, 0.6) is 5.75 Å². The molecule has 0 spiro atoms. The molecule has 7 nitrogen and oxygen atoms in total. The summed E-state index contributed by atoms with van der Waals surface area (Å²) in [4.78, 5) is 4.04. The summed E-state index contributed by atoms with van der Waals surface area (Å²) >= 11 is 0. The second-order valence-corrected chi connectivity index (χ2v) is 8.67. The molecular weight excluding hydrogens is 437 g/mol. The molecule has 164 valence electrons. The van der Waals surface area contributed by atoms with Crippen LogP contribution in [-0.4, -0.2) is 30.6 Å². The molecule has 0 aliphatic carbocycles. The number of oxazole rings is 1. The summed E-state index contributed by atoms with van der Waals surface area (Å²) in [5.74, 6) is 0.545. The predicted molar refractivity (Wildman–Crippen MR) is 105 cm³/mol. The maximum absolute atomic E-state index is 12.8. The number of para-hydroxylation sites is 1. The highest BCUT2D eigenvalue weighted by Gasteiger charge is 2.46. The molecule has 0 unspecified atom stereocenters. The van der Waals surface area contributed by atoms with E-state index in [-0.39, 0.29) is 23.8 Å². The number of nitrogens with one attached hydrogen (secondary N) is 1. The number of nitrogens with zero attached hydrogens (tertiary/aromatic N) is 1. The van der Waals surface area contributed by atoms with Crippen molar-refractivity contribution in [2.24, 2.45) is 5.92 Å². The molecule has 0 fully saturated rings. The van der Waals surface area contributed by atoms with Crippen LogP contribution in [0.4, 0.5) is 18.9 Å². The van der Waals surface area contributed by atoms with E-state index in [1.54, 1.807) is 29.0 Å². The number of aliphatic hydroxyl groups excluding tert-OH is 1. The average Bonchev–Trinajstić information content (AvgIpc) is 3.22. The Morgan fingerprint density at radius 2 is 1.97 bits per heavy atom. The van der Waals surface area contributed by atoms with Gasteiger partial charge in [0.2, 0.25) is 0 Å². The summed E-state index contributed by atoms with van der Waals surface area (Å²) in [5.41, 5.74) is -4.49. The van der Waals surface area contributed by atoms with Gasteiger partial charge in [0, 0.05) is 23.5 Å². The molecule has 2 N–H and O–H groups in total. The van der Waals surface area contributed by atoms with Gasteiger partial charge in [-0.05, 0) is 17.7 Å². The van der Waals surface area contributed by atoms with Crippen molar-refractivity contribution in [2.45, 2.75) is 18.0 Å². The first-order valence-electron chi connectivity index (χ1n) is 9.17. The lowest BCUT2D eigenvalue weighted by Crippen LogP contribution is -2.30. The van der Waals surface area contributed by atoms with Crippen molar-refractivity contribution in [3.63, 3.8) is 0 Å². The molecule has 2 atom stereocenters. The fourth-order valence-electron chi connectivity index (χ4n) is 3.39. The minimum Gasteiger partial charge on any atom is -0.493 e. The zero-order chi connectivity index (χ0) is 22.2. The van der Waals surface area contributed by atoms with E-state index >= 15 is 0 Å². The third-order valence-electron chi connectivity index (χ3n) is 4.94. The minimum atomic E-state index is -5.58. The lowest BCUT2D eigenvalue weighted by molar-refractivity contribution is -0.0429. The van der Waals surface area contributed by atoms with Gasteiger partial charge in [-0.2, -0.15) is 21.6 Å². The Morgan fingerprint density at radius 3 is 2.68 bits per heavy atom. The maximum atomic E-state index is 12.8. The Balaban J connectivity index is 1.62. The summed E-state index contributed by atoms with van der Waals surface area (Å²) in [6, 6.07) is 10.5. The Kier molecular flexibility index (Phi) is 5.40. The van der Waals surface area contributed by atoms with E-state index in [1.807, 2.05) is 0 Å². The highest BCUT2D eigenvalue weighted by molar-refractivity contribution is 7.93. The molecule has 1 aromatic heterocycles. The summed E-state index contributed by atoms with van der Waals surface area (Å²) in [5, 5.41) is 10.7. The van der Waals surface area contributed by atoms with Gasteiger partial charge in [0.25, 0.3) is 0 Å². The fourth-order valence-corrected chi connectivity index (χ4v) is 3.97. The second-order valence-electron chi connectivity index (χ2n) is 7.00. The van der Waals surface area contributed by atoms with E-state index in [0.717, 1.165) is 0 Å². The molecule has 0 saturated carbocycles. The van der Waals surface area contributed by atoms with Crippen LogP contribution in [0.1, 0.15) is 17.6 Å². The smallest absolute Gasteiger partial charge is 0.493 e. The van der Waals surface area contributed by atoms with E-state index in [9.17, 15) is 26.7 Å². The fraction of sp³-hybridized carbons (Fsp3) is 0.250. The molecule has 0 saturated heterocycles. The maximum Gasteiger partial charge on any atom is 0.516 e. The number of benzene rings is 2. The lowest BCUT2D eigenvalue weighted by atomic mass is 9.89. The van der Waals surface area contributed by atoms with Crippen LogP contribution in [0.2, 0.25) is 0 Å². The van der Waals surface area contributed by atoms with Gasteiger partial charge in [-0.1, -0.05) is 30.3 Å². The van der Waals surface area contributed by atoms with Crippen LogP contribution in [0.3, 0.4) is 0 Å². The number of hydrogen-bond donors (Lipinski definition) is 2. The van der Waals surface area contributed by atoms with Crippen LogP contribution in [0, 0.1) is 5.92 Å². The van der Waals surface area contributed by atoms with Crippen molar-refractivity contribution >= 4 is 15.7 Å². The second kappa shape index (κ2) is 7.89. The largest absolute Gasteiger partial charge is 0.516 e. The molecule has 2 aromatic carbocycles. The van der Waals surface area contributed by atoms with Crippen molar-refractivity contribution in [3.05, 3.63) is 66.4 Å². The van der Waals surface area contributed by atoms with E-state index in [2.05, 4.69) is 4.98 Å². The Labute approximate surface area is 175 Å². The van der Waals surface area contributed by atoms with Gasteiger partial charge < -0.3 is 14.3 Å². The lowest BCUT2D eigenvalue weighted by Gasteiger charge is -2.30. The monoisotopic (exact) mass is 454 g/mol. The Bertz CT molecular complexity index is 1180. The number of alkyl halides is 3. The SMILES string of the molecule is O=S(=O)(Nc1ccccc1-c1ccc2c(c1)OC[C@H](Cc1ncco1)[C@H]2O)C(F)(F)F. The van der Waals surface area contributed by atoms with Crippen molar-refractivity contribution in [1.29, 1.82) is 0 Å². The van der Waals surface area contributed by atoms with E-state index in [0.29, 0.717) is 29.2 Å². The van der Waals surface area contributed by atoms with Gasteiger partial charge in [0.1, 0.15) is 12.0 Å². The van der Waals surface area contributed by atoms with Crippen molar-refractivity contribution in [3.8, 4) is 16.9 Å². The Morgan fingerprint density at radius 1 is 1.19 bits per heavy atom. The molecule has 4 rings (SSSR count). The molecule has 0 radical (unpaired) electrons. The standard InChI is InChI=1S/C20H17F3N2O5S/c21-20(22,23)31(27,28)25-16-4-2-1-3-14(16)12-5-6-15-17(9-12)30-11-13(19(15)26)10-18-24-7-8-29-18/h1-9,13,19,25-26H,10-11H2/t13-,19+/m0/s1. The van der Waals surface area contributed by atoms with E-state index in [1.165, 1.54) is 30.7 Å². The number of anilines is 1. The molecule has 0 bridgehead atoms. The normalized spacial score (nSPS) is 18.8. The predicted octanol–water partition coefficient (Wildman–Crippen LogP) is 3.89. The first kappa shape index (κ1) is 21.2. The first-order chi connectivity index (χ1) is 14.7. The highest BCUT2D eigenvalue weighted by Crippen LogP contribution is 2.40. The van der Waals surface area contributed by atoms with Gasteiger partial charge in [0.15, 0.2) is 5.89 Å². The van der Waals surface area contributed by atoms with Gasteiger partial charge in [-0.3, -0.25) is 4.72 Å². The quantitative estimate of drug-likeness (QED) is 0.607. The number of rotatable bonds is 5. The number of sulfonamides is 1. The third kappa shape index (κ3) is 4.23. The molecule has 11 heteroatoms. The summed E-state index contributed by atoms with van der Waals surface area (Å²) in [7, 11) is -5.58. The molecule has 3 aromatic rings. The zero-order valence-corrected chi connectivity index (χ0v) is 16.7.